The molecule has 0 atom stereocenters. The number of rotatable bonds is 4. The molecule has 134 valence electrons. The molecule has 1 saturated heterocycles. The summed E-state index contributed by atoms with van der Waals surface area (Å²) < 4.78 is 0. The summed E-state index contributed by atoms with van der Waals surface area (Å²) in [6.45, 7) is 11.2. The Morgan fingerprint density at radius 1 is 1.20 bits per heavy atom. The average molecular weight is 360 g/mol. The first-order valence-corrected chi connectivity index (χ1v) is 9.37. The number of thiazole rings is 1. The third-order valence-corrected chi connectivity index (χ3v) is 5.61. The van der Waals surface area contributed by atoms with E-state index in [4.69, 9.17) is 4.98 Å². The lowest BCUT2D eigenvalue weighted by molar-refractivity contribution is -0.130. The molecule has 25 heavy (non-hydrogen) atoms. The number of aryl methyl sites for hydroxylation is 1. The number of nitrogens with one attached hydrogen (secondary N) is 1. The van der Waals surface area contributed by atoms with E-state index in [0.717, 1.165) is 65.9 Å². The van der Waals surface area contributed by atoms with Gasteiger partial charge in [-0.15, -0.1) is 11.3 Å². The molecule has 0 aliphatic carbocycles. The Hall–Kier alpha value is -1.99. The van der Waals surface area contributed by atoms with Crippen LogP contribution in [0, 0.1) is 13.8 Å². The predicted octanol–water partition coefficient (Wildman–Crippen LogP) is 2.62. The number of ketones is 1. The SMILES string of the molecule is CC(=O)c1c(C)[nH]c(-c2csc(CN3CCN(C(C)=O)CC3)n2)c1C. The molecule has 3 rings (SSSR count). The molecule has 0 unspecified atom stereocenters. The third kappa shape index (κ3) is 3.67. The van der Waals surface area contributed by atoms with Crippen molar-refractivity contribution < 1.29 is 9.59 Å². The quantitative estimate of drug-likeness (QED) is 0.851. The summed E-state index contributed by atoms with van der Waals surface area (Å²) in [4.78, 5) is 35.5. The maximum absolute atomic E-state index is 11.8. The Labute approximate surface area is 151 Å². The van der Waals surface area contributed by atoms with Crippen LogP contribution in [-0.4, -0.2) is 57.6 Å². The van der Waals surface area contributed by atoms with Gasteiger partial charge in [0.15, 0.2) is 5.78 Å². The van der Waals surface area contributed by atoms with Gasteiger partial charge in [0.25, 0.3) is 0 Å². The summed E-state index contributed by atoms with van der Waals surface area (Å²) in [5.74, 6) is 0.228. The number of aromatic nitrogens is 2. The van der Waals surface area contributed by atoms with E-state index >= 15 is 0 Å². The highest BCUT2D eigenvalue weighted by Gasteiger charge is 2.21. The molecule has 7 heteroatoms. The first kappa shape index (κ1) is 17.8. The Bertz CT molecular complexity index is 800. The van der Waals surface area contributed by atoms with Gasteiger partial charge >= 0.3 is 0 Å². The van der Waals surface area contributed by atoms with Gasteiger partial charge in [0.2, 0.25) is 5.91 Å². The summed E-state index contributed by atoms with van der Waals surface area (Å²) in [6, 6.07) is 0. The molecule has 0 radical (unpaired) electrons. The molecule has 0 saturated carbocycles. The Balaban J connectivity index is 1.71. The van der Waals surface area contributed by atoms with E-state index in [9.17, 15) is 9.59 Å². The van der Waals surface area contributed by atoms with Crippen LogP contribution < -0.4 is 0 Å². The Morgan fingerprint density at radius 3 is 2.44 bits per heavy atom. The van der Waals surface area contributed by atoms with Crippen LogP contribution in [-0.2, 0) is 11.3 Å². The van der Waals surface area contributed by atoms with Crippen molar-refractivity contribution in [1.29, 1.82) is 0 Å². The number of hydrogen-bond acceptors (Lipinski definition) is 5. The number of piperazine rings is 1. The largest absolute Gasteiger partial charge is 0.356 e. The molecule has 1 aliphatic heterocycles. The molecule has 0 spiro atoms. The van der Waals surface area contributed by atoms with Crippen molar-refractivity contribution in [3.8, 4) is 11.4 Å². The maximum Gasteiger partial charge on any atom is 0.219 e. The topological polar surface area (TPSA) is 69.3 Å². The van der Waals surface area contributed by atoms with Crippen LogP contribution in [0.3, 0.4) is 0 Å². The van der Waals surface area contributed by atoms with Crippen LogP contribution >= 0.6 is 11.3 Å². The fourth-order valence-electron chi connectivity index (χ4n) is 3.44. The van der Waals surface area contributed by atoms with E-state index in [1.807, 2.05) is 24.1 Å². The first-order valence-electron chi connectivity index (χ1n) is 8.49. The molecular weight excluding hydrogens is 336 g/mol. The number of carbonyl (C=O) groups is 2. The minimum absolute atomic E-state index is 0.0799. The highest BCUT2D eigenvalue weighted by molar-refractivity contribution is 7.09. The van der Waals surface area contributed by atoms with Crippen LogP contribution in [0.1, 0.15) is 40.5 Å². The lowest BCUT2D eigenvalue weighted by atomic mass is 10.1. The number of carbonyl (C=O) groups excluding carboxylic acids is 2. The monoisotopic (exact) mass is 360 g/mol. The smallest absolute Gasteiger partial charge is 0.219 e. The normalized spacial score (nSPS) is 15.6. The van der Waals surface area contributed by atoms with E-state index in [1.165, 1.54) is 0 Å². The van der Waals surface area contributed by atoms with Crippen molar-refractivity contribution in [3.05, 3.63) is 27.2 Å². The van der Waals surface area contributed by atoms with Gasteiger partial charge in [0.1, 0.15) is 5.01 Å². The number of nitrogens with zero attached hydrogens (tertiary/aromatic N) is 3. The fourth-order valence-corrected chi connectivity index (χ4v) is 4.27. The summed E-state index contributed by atoms with van der Waals surface area (Å²) in [5.41, 5.74) is 4.47. The molecule has 0 bridgehead atoms. The van der Waals surface area contributed by atoms with Crippen LogP contribution in [0.5, 0.6) is 0 Å². The van der Waals surface area contributed by atoms with Gasteiger partial charge in [-0.1, -0.05) is 0 Å². The van der Waals surface area contributed by atoms with Gasteiger partial charge in [0, 0.05) is 49.7 Å². The Kier molecular flexibility index (Phi) is 5.06. The highest BCUT2D eigenvalue weighted by atomic mass is 32.1. The molecule has 6 nitrogen and oxygen atoms in total. The zero-order chi connectivity index (χ0) is 18.1. The van der Waals surface area contributed by atoms with E-state index in [-0.39, 0.29) is 11.7 Å². The lowest BCUT2D eigenvalue weighted by Gasteiger charge is -2.33. The zero-order valence-corrected chi connectivity index (χ0v) is 16.0. The van der Waals surface area contributed by atoms with Gasteiger partial charge in [-0.25, -0.2) is 4.98 Å². The van der Waals surface area contributed by atoms with Crippen molar-refractivity contribution in [2.24, 2.45) is 0 Å². The van der Waals surface area contributed by atoms with E-state index in [1.54, 1.807) is 25.2 Å². The minimum Gasteiger partial charge on any atom is -0.356 e. The molecule has 3 heterocycles. The van der Waals surface area contributed by atoms with Crippen LogP contribution in [0.2, 0.25) is 0 Å². The maximum atomic E-state index is 11.8. The average Bonchev–Trinajstić information content (AvgIpc) is 3.12. The number of amides is 1. The predicted molar refractivity (Wildman–Crippen MR) is 98.9 cm³/mol. The van der Waals surface area contributed by atoms with Crippen molar-refractivity contribution in [2.75, 3.05) is 26.2 Å². The summed E-state index contributed by atoms with van der Waals surface area (Å²) >= 11 is 1.64. The van der Waals surface area contributed by atoms with Crippen molar-refractivity contribution in [3.63, 3.8) is 0 Å². The summed E-state index contributed by atoms with van der Waals surface area (Å²) in [7, 11) is 0. The van der Waals surface area contributed by atoms with Crippen molar-refractivity contribution in [2.45, 2.75) is 34.2 Å². The molecule has 0 aromatic carbocycles. The number of Topliss-reactive ketones (excluding diaryl/α,β-unsaturated/α-hetero) is 1. The molecule has 1 aliphatic rings. The van der Waals surface area contributed by atoms with Crippen LogP contribution in [0.15, 0.2) is 5.38 Å². The standard InChI is InChI=1S/C18H24N4O2S/c1-11-17(13(3)23)12(2)19-18(11)15-10-25-16(20-15)9-21-5-7-22(8-6-21)14(4)24/h10,19H,5-9H2,1-4H3. The van der Waals surface area contributed by atoms with Gasteiger partial charge in [-0.05, 0) is 26.3 Å². The number of H-pyrrole nitrogens is 1. The van der Waals surface area contributed by atoms with Crippen LogP contribution in [0.4, 0.5) is 0 Å². The molecule has 2 aromatic rings. The van der Waals surface area contributed by atoms with Gasteiger partial charge in [-0.3, -0.25) is 14.5 Å². The highest BCUT2D eigenvalue weighted by Crippen LogP contribution is 2.29. The Morgan fingerprint density at radius 2 is 1.88 bits per heavy atom. The van der Waals surface area contributed by atoms with Crippen molar-refractivity contribution >= 4 is 23.0 Å². The molecule has 1 amide bonds. The molecule has 1 fully saturated rings. The molecular formula is C18H24N4O2S. The molecule has 1 N–H and O–H groups in total. The van der Waals surface area contributed by atoms with Gasteiger partial charge in [-0.2, -0.15) is 0 Å². The molecule has 2 aromatic heterocycles. The van der Waals surface area contributed by atoms with E-state index in [0.29, 0.717) is 0 Å². The second kappa shape index (κ2) is 7.09. The van der Waals surface area contributed by atoms with Crippen LogP contribution in [0.25, 0.3) is 11.4 Å². The third-order valence-electron chi connectivity index (χ3n) is 4.77. The summed E-state index contributed by atoms with van der Waals surface area (Å²) in [6.07, 6.45) is 0. The van der Waals surface area contributed by atoms with Gasteiger partial charge in [0.05, 0.1) is 17.9 Å². The van der Waals surface area contributed by atoms with Gasteiger partial charge < -0.3 is 9.88 Å². The second-order valence-electron chi connectivity index (χ2n) is 6.59. The second-order valence-corrected chi connectivity index (χ2v) is 7.53. The van der Waals surface area contributed by atoms with Crippen molar-refractivity contribution in [1.82, 2.24) is 19.8 Å². The number of aromatic amines is 1. The van der Waals surface area contributed by atoms with E-state index < -0.39 is 0 Å². The fraction of sp³-hybridized carbons (Fsp3) is 0.500. The minimum atomic E-state index is 0.0799. The first-order chi connectivity index (χ1) is 11.9. The van der Waals surface area contributed by atoms with E-state index in [2.05, 4.69) is 9.88 Å². The number of hydrogen-bond donors (Lipinski definition) is 1. The zero-order valence-electron chi connectivity index (χ0n) is 15.2. The summed E-state index contributed by atoms with van der Waals surface area (Å²) in [5, 5.41) is 3.10. The lowest BCUT2D eigenvalue weighted by Crippen LogP contribution is -2.47.